The first-order valence-corrected chi connectivity index (χ1v) is 7.90. The van der Waals surface area contributed by atoms with Crippen LogP contribution in [-0.4, -0.2) is 29.4 Å². The van der Waals surface area contributed by atoms with Crippen LogP contribution in [0.5, 0.6) is 5.75 Å². The van der Waals surface area contributed by atoms with E-state index in [4.69, 9.17) is 18.7 Å². The minimum absolute atomic E-state index is 0.000433. The van der Waals surface area contributed by atoms with Crippen LogP contribution in [0.15, 0.2) is 24.4 Å². The fraction of sp³-hybridized carbons (Fsp3) is 0.0769. The molecule has 2 aromatic rings. The van der Waals surface area contributed by atoms with E-state index in [-0.39, 0.29) is 17.4 Å². The largest absolute Gasteiger partial charge is 0.522 e. The third kappa shape index (κ3) is 5.53. The summed E-state index contributed by atoms with van der Waals surface area (Å²) in [5, 5.41) is 0. The zero-order valence-corrected chi connectivity index (χ0v) is 13.8. The highest BCUT2D eigenvalue weighted by Crippen LogP contribution is 2.27. The predicted octanol–water partition coefficient (Wildman–Crippen LogP) is 2.83. The van der Waals surface area contributed by atoms with Crippen LogP contribution in [0.25, 0.3) is 0 Å². The summed E-state index contributed by atoms with van der Waals surface area (Å²) in [5.41, 5.74) is -0.467. The van der Waals surface area contributed by atoms with Gasteiger partial charge in [0.15, 0.2) is 11.6 Å². The Balaban J connectivity index is 0.000000416. The summed E-state index contributed by atoms with van der Waals surface area (Å²) in [4.78, 5) is 15.2. The lowest BCUT2D eigenvalue weighted by atomic mass is 10.2. The van der Waals surface area contributed by atoms with E-state index in [1.54, 1.807) is 0 Å². The van der Waals surface area contributed by atoms with Crippen molar-refractivity contribution in [2.75, 3.05) is 5.73 Å². The highest BCUT2D eigenvalue weighted by molar-refractivity contribution is 7.86. The molecule has 0 amide bonds. The van der Waals surface area contributed by atoms with E-state index in [9.17, 15) is 35.5 Å². The maximum atomic E-state index is 13.3. The van der Waals surface area contributed by atoms with Gasteiger partial charge in [0, 0.05) is 12.3 Å². The number of benzene rings is 1. The second-order valence-electron chi connectivity index (χ2n) is 4.54. The molecule has 0 saturated heterocycles. The Morgan fingerprint density at radius 2 is 1.57 bits per heavy atom. The molecule has 0 unspecified atom stereocenters. The third-order valence-electron chi connectivity index (χ3n) is 2.62. The van der Waals surface area contributed by atoms with E-state index >= 15 is 0 Å². The van der Waals surface area contributed by atoms with Crippen LogP contribution in [0.1, 0.15) is 10.4 Å². The number of hydrogen-bond donors (Lipinski definition) is 2. The molecule has 0 bridgehead atoms. The number of aromatic nitrogens is 1. The van der Waals surface area contributed by atoms with E-state index in [0.717, 1.165) is 0 Å². The van der Waals surface area contributed by atoms with Gasteiger partial charge in [0.25, 0.3) is 0 Å². The number of ether oxygens (including phenoxy) is 1. The molecule has 0 radical (unpaired) electrons. The molecule has 15 heteroatoms. The molecule has 3 N–H and O–H groups in total. The molecule has 2 rings (SSSR count). The van der Waals surface area contributed by atoms with Gasteiger partial charge in [-0.2, -0.15) is 30.4 Å². The quantitative estimate of drug-likeness (QED) is 0.186. The van der Waals surface area contributed by atoms with Gasteiger partial charge in [-0.05, 0) is 12.1 Å². The Morgan fingerprint density at radius 3 is 1.96 bits per heavy atom. The second kappa shape index (κ2) is 8.39. The van der Waals surface area contributed by atoms with Gasteiger partial charge in [-0.1, -0.05) is 0 Å². The summed E-state index contributed by atoms with van der Waals surface area (Å²) in [6.45, 7) is 0. The number of nitrogen functional groups attached to an aromatic ring is 1. The lowest BCUT2D eigenvalue weighted by Crippen LogP contribution is -2.21. The van der Waals surface area contributed by atoms with Crippen LogP contribution in [0.3, 0.4) is 0 Å². The number of hydrogen-bond acceptors (Lipinski definition) is 6. The number of nitrogens with zero attached hydrogens (tertiary/aromatic N) is 1. The van der Waals surface area contributed by atoms with Crippen LogP contribution in [0.4, 0.5) is 36.6 Å². The van der Waals surface area contributed by atoms with Crippen LogP contribution >= 0.6 is 0 Å². The van der Waals surface area contributed by atoms with E-state index in [1.807, 2.05) is 0 Å². The molecule has 1 heterocycles. The molecular weight excluding hydrogens is 429 g/mol. The minimum Gasteiger partial charge on any atom is -0.416 e. The molecule has 0 aliphatic heterocycles. The number of alkyl halides is 3. The Labute approximate surface area is 151 Å². The first kappa shape index (κ1) is 23.1. The van der Waals surface area contributed by atoms with Crippen molar-refractivity contribution in [2.24, 2.45) is 0 Å². The number of rotatable bonds is 2. The molecule has 0 fully saturated rings. The van der Waals surface area contributed by atoms with Crippen LogP contribution in [0, 0.1) is 23.3 Å². The van der Waals surface area contributed by atoms with Crippen molar-refractivity contribution in [1.82, 2.24) is 4.98 Å². The van der Waals surface area contributed by atoms with E-state index in [1.165, 1.54) is 18.3 Å². The van der Waals surface area contributed by atoms with Crippen molar-refractivity contribution in [3.63, 3.8) is 0 Å². The first-order valence-electron chi connectivity index (χ1n) is 6.46. The maximum Gasteiger partial charge on any atom is 0.522 e. The Kier molecular flexibility index (Phi) is 6.92. The number of halogens is 7. The molecule has 0 aliphatic rings. The van der Waals surface area contributed by atoms with Crippen molar-refractivity contribution in [3.05, 3.63) is 53.2 Å². The second-order valence-corrected chi connectivity index (χ2v) is 5.96. The molecule has 28 heavy (non-hydrogen) atoms. The van der Waals surface area contributed by atoms with Crippen molar-refractivity contribution in [1.29, 1.82) is 0 Å². The standard InChI is InChI=1S/C12H6F4N2O2.CHF3O3S/c13-6-4-7(14)9(16)10(8(6)15)20-12(19)5-2-1-3-18-11(5)17;2-1(3,4)8(5,6)7/h1-4H,(H2,17,18);(H,5,6,7). The summed E-state index contributed by atoms with van der Waals surface area (Å²) in [5.74, 6) is -10.0. The maximum absolute atomic E-state index is 13.3. The molecule has 7 nitrogen and oxygen atoms in total. The lowest BCUT2D eigenvalue weighted by molar-refractivity contribution is -0.0510. The average molecular weight is 436 g/mol. The fourth-order valence-electron chi connectivity index (χ4n) is 1.38. The Morgan fingerprint density at radius 1 is 1.11 bits per heavy atom. The van der Waals surface area contributed by atoms with Crippen molar-refractivity contribution in [3.8, 4) is 5.75 Å². The number of esters is 1. The average Bonchev–Trinajstić information content (AvgIpc) is 2.56. The summed E-state index contributed by atoms with van der Waals surface area (Å²) in [6.07, 6.45) is 1.27. The number of carbonyl (C=O) groups is 1. The van der Waals surface area contributed by atoms with Gasteiger partial charge < -0.3 is 10.5 Å². The highest BCUT2D eigenvalue weighted by atomic mass is 32.2. The molecule has 1 aromatic carbocycles. The molecule has 0 spiro atoms. The van der Waals surface area contributed by atoms with Crippen molar-refractivity contribution >= 4 is 21.9 Å². The Hall–Kier alpha value is -2.94. The van der Waals surface area contributed by atoms with Crippen molar-refractivity contribution in [2.45, 2.75) is 5.51 Å². The topological polar surface area (TPSA) is 120 Å². The molecule has 1 aromatic heterocycles. The van der Waals surface area contributed by atoms with Crippen molar-refractivity contribution < 1.29 is 53.2 Å². The van der Waals surface area contributed by atoms with Gasteiger partial charge in [0.05, 0.1) is 0 Å². The van der Waals surface area contributed by atoms with Crippen LogP contribution in [-0.2, 0) is 10.1 Å². The van der Waals surface area contributed by atoms with Gasteiger partial charge in [-0.3, -0.25) is 4.55 Å². The number of carbonyl (C=O) groups excluding carboxylic acids is 1. The van der Waals surface area contributed by atoms with Gasteiger partial charge in [0.2, 0.25) is 17.4 Å². The number of nitrogens with two attached hydrogens (primary N) is 1. The van der Waals surface area contributed by atoms with Crippen LogP contribution in [0.2, 0.25) is 0 Å². The van der Waals surface area contributed by atoms with Gasteiger partial charge >= 0.3 is 21.6 Å². The van der Waals surface area contributed by atoms with E-state index in [2.05, 4.69) is 9.72 Å². The fourth-order valence-corrected chi connectivity index (χ4v) is 1.38. The highest BCUT2D eigenvalue weighted by Gasteiger charge is 2.44. The summed E-state index contributed by atoms with van der Waals surface area (Å²) >= 11 is 0. The number of anilines is 1. The van der Waals surface area contributed by atoms with Crippen LogP contribution < -0.4 is 10.5 Å². The summed E-state index contributed by atoms with van der Waals surface area (Å²) < 4.78 is 114. The predicted molar refractivity (Wildman–Crippen MR) is 77.5 cm³/mol. The first-order chi connectivity index (χ1) is 12.7. The van der Waals surface area contributed by atoms with Gasteiger partial charge in [0.1, 0.15) is 11.4 Å². The number of pyridine rings is 1. The van der Waals surface area contributed by atoms with Gasteiger partial charge in [-0.25, -0.2) is 18.6 Å². The summed E-state index contributed by atoms with van der Waals surface area (Å²) in [6, 6.07) is 2.50. The monoisotopic (exact) mass is 436 g/mol. The molecule has 0 aliphatic carbocycles. The zero-order chi connectivity index (χ0) is 21.9. The smallest absolute Gasteiger partial charge is 0.416 e. The normalized spacial score (nSPS) is 11.4. The molecular formula is C13H7F7N2O5S. The molecule has 154 valence electrons. The lowest BCUT2D eigenvalue weighted by Gasteiger charge is -2.08. The Bertz CT molecular complexity index is 969. The van der Waals surface area contributed by atoms with E-state index < -0.39 is 50.6 Å². The zero-order valence-electron chi connectivity index (χ0n) is 13.0. The minimum atomic E-state index is -5.84. The third-order valence-corrected chi connectivity index (χ3v) is 3.20. The van der Waals surface area contributed by atoms with Gasteiger partial charge in [-0.15, -0.1) is 0 Å². The molecule has 0 atom stereocenters. The molecule has 0 saturated carbocycles. The van der Waals surface area contributed by atoms with E-state index in [0.29, 0.717) is 0 Å². The SMILES string of the molecule is Nc1ncccc1C(=O)Oc1c(F)c(F)cc(F)c1F.O=S(=O)(O)C(F)(F)F. The summed E-state index contributed by atoms with van der Waals surface area (Å²) in [7, 11) is -5.84.